The molecule has 1 amide bonds. The Labute approximate surface area is 139 Å². The molecule has 2 aromatic rings. The van der Waals surface area contributed by atoms with Crippen LogP contribution in [0.2, 0.25) is 0 Å². The van der Waals surface area contributed by atoms with E-state index in [2.05, 4.69) is 9.97 Å². The second-order valence-corrected chi connectivity index (χ2v) is 5.52. The fourth-order valence-corrected chi connectivity index (χ4v) is 2.64. The molecule has 1 fully saturated rings. The number of piperazine rings is 1. The van der Waals surface area contributed by atoms with Gasteiger partial charge in [0.1, 0.15) is 5.56 Å². The van der Waals surface area contributed by atoms with Gasteiger partial charge < -0.3 is 19.1 Å². The molecule has 0 bridgehead atoms. The van der Waals surface area contributed by atoms with Crippen LogP contribution in [0.5, 0.6) is 5.88 Å². The van der Waals surface area contributed by atoms with Crippen LogP contribution in [0.4, 0.5) is 5.95 Å². The number of pyridine rings is 1. The molecule has 8 nitrogen and oxygen atoms in total. The van der Waals surface area contributed by atoms with Crippen LogP contribution in [-0.4, -0.2) is 58.6 Å². The number of anilines is 1. The molecule has 0 unspecified atom stereocenters. The summed E-state index contributed by atoms with van der Waals surface area (Å²) in [5.74, 6) is 0.853. The molecule has 2 aromatic heterocycles. The van der Waals surface area contributed by atoms with E-state index in [1.54, 1.807) is 49.7 Å². The van der Waals surface area contributed by atoms with Crippen molar-refractivity contribution in [2.45, 2.75) is 0 Å². The van der Waals surface area contributed by atoms with Crippen LogP contribution in [0, 0.1) is 0 Å². The topological polar surface area (TPSA) is 80.6 Å². The minimum Gasteiger partial charge on any atom is -0.481 e. The normalized spacial score (nSPS) is 14.6. The highest BCUT2D eigenvalue weighted by Crippen LogP contribution is 2.15. The number of amides is 1. The van der Waals surface area contributed by atoms with Crippen LogP contribution in [0.25, 0.3) is 0 Å². The molecule has 0 aliphatic carbocycles. The zero-order valence-corrected chi connectivity index (χ0v) is 13.7. The monoisotopic (exact) mass is 329 g/mol. The van der Waals surface area contributed by atoms with Crippen molar-refractivity contribution in [1.82, 2.24) is 19.4 Å². The molecule has 8 heteroatoms. The van der Waals surface area contributed by atoms with Crippen molar-refractivity contribution in [2.24, 2.45) is 7.05 Å². The highest BCUT2D eigenvalue weighted by atomic mass is 16.5. The molecule has 0 saturated carbocycles. The zero-order valence-electron chi connectivity index (χ0n) is 13.7. The van der Waals surface area contributed by atoms with Crippen molar-refractivity contribution in [2.75, 3.05) is 38.2 Å². The Kier molecular flexibility index (Phi) is 4.45. The minimum absolute atomic E-state index is 0.200. The van der Waals surface area contributed by atoms with Crippen molar-refractivity contribution in [1.29, 1.82) is 0 Å². The molecule has 3 rings (SSSR count). The molecule has 0 radical (unpaired) electrons. The van der Waals surface area contributed by atoms with E-state index in [4.69, 9.17) is 4.74 Å². The van der Waals surface area contributed by atoms with Crippen LogP contribution in [0.1, 0.15) is 10.4 Å². The van der Waals surface area contributed by atoms with Crippen molar-refractivity contribution in [3.63, 3.8) is 0 Å². The van der Waals surface area contributed by atoms with Gasteiger partial charge in [-0.15, -0.1) is 0 Å². The van der Waals surface area contributed by atoms with Gasteiger partial charge in [0.15, 0.2) is 0 Å². The van der Waals surface area contributed by atoms with Crippen LogP contribution < -0.4 is 15.2 Å². The first-order valence-electron chi connectivity index (χ1n) is 7.67. The van der Waals surface area contributed by atoms with Gasteiger partial charge in [0, 0.05) is 51.7 Å². The number of ether oxygens (including phenoxy) is 1. The van der Waals surface area contributed by atoms with Crippen molar-refractivity contribution >= 4 is 11.9 Å². The van der Waals surface area contributed by atoms with Gasteiger partial charge in [0.2, 0.25) is 11.8 Å². The number of aromatic nitrogens is 3. The fourth-order valence-electron chi connectivity index (χ4n) is 2.64. The molecule has 126 valence electrons. The molecule has 0 N–H and O–H groups in total. The van der Waals surface area contributed by atoms with Crippen LogP contribution >= 0.6 is 0 Å². The summed E-state index contributed by atoms with van der Waals surface area (Å²) in [7, 11) is 3.19. The van der Waals surface area contributed by atoms with E-state index in [-0.39, 0.29) is 17.0 Å². The molecule has 24 heavy (non-hydrogen) atoms. The SMILES string of the molecule is COc1ccnc(N2CCN(C(=O)c3cccn(C)c3=O)CC2)n1. The maximum atomic E-state index is 12.6. The van der Waals surface area contributed by atoms with Gasteiger partial charge in [-0.2, -0.15) is 4.98 Å². The molecule has 1 aliphatic rings. The molecule has 1 aliphatic heterocycles. The number of nitrogens with zero attached hydrogens (tertiary/aromatic N) is 5. The quantitative estimate of drug-likeness (QED) is 0.797. The van der Waals surface area contributed by atoms with Crippen LogP contribution in [0.15, 0.2) is 35.4 Å². The number of aryl methyl sites for hydroxylation is 1. The lowest BCUT2D eigenvalue weighted by molar-refractivity contribution is 0.0743. The summed E-state index contributed by atoms with van der Waals surface area (Å²) in [4.78, 5) is 36.9. The lowest BCUT2D eigenvalue weighted by Gasteiger charge is -2.34. The lowest BCUT2D eigenvalue weighted by atomic mass is 10.2. The van der Waals surface area contributed by atoms with Gasteiger partial charge in [-0.3, -0.25) is 9.59 Å². The molecule has 0 atom stereocenters. The molecule has 0 aromatic carbocycles. The molecular formula is C16H19N5O3. The van der Waals surface area contributed by atoms with Gasteiger partial charge in [-0.1, -0.05) is 0 Å². The minimum atomic E-state index is -0.277. The van der Waals surface area contributed by atoms with Gasteiger partial charge in [0.05, 0.1) is 7.11 Å². The third kappa shape index (κ3) is 3.08. The zero-order chi connectivity index (χ0) is 17.1. The van der Waals surface area contributed by atoms with Gasteiger partial charge in [-0.25, -0.2) is 4.98 Å². The summed E-state index contributed by atoms with van der Waals surface area (Å²) < 4.78 is 6.52. The average Bonchev–Trinajstić information content (AvgIpc) is 2.63. The first-order chi connectivity index (χ1) is 11.6. The summed E-state index contributed by atoms with van der Waals surface area (Å²) in [6, 6.07) is 4.96. The molecule has 0 spiro atoms. The van der Waals surface area contributed by atoms with E-state index in [1.807, 2.05) is 4.90 Å². The summed E-state index contributed by atoms with van der Waals surface area (Å²) in [6.45, 7) is 2.23. The predicted octanol–water partition coefficient (Wildman–Crippen LogP) is 0.146. The van der Waals surface area contributed by atoms with Crippen LogP contribution in [-0.2, 0) is 7.05 Å². The molecular weight excluding hydrogens is 310 g/mol. The number of carbonyl (C=O) groups excluding carboxylic acids is 1. The number of hydrogen-bond acceptors (Lipinski definition) is 6. The molecule has 1 saturated heterocycles. The smallest absolute Gasteiger partial charge is 0.263 e. The van der Waals surface area contributed by atoms with E-state index < -0.39 is 0 Å². The maximum absolute atomic E-state index is 12.6. The number of rotatable bonds is 3. The van der Waals surface area contributed by atoms with E-state index >= 15 is 0 Å². The Hall–Kier alpha value is -2.90. The Morgan fingerprint density at radius 3 is 2.67 bits per heavy atom. The first kappa shape index (κ1) is 16.0. The van der Waals surface area contributed by atoms with Crippen molar-refractivity contribution in [3.05, 3.63) is 46.5 Å². The summed E-state index contributed by atoms with van der Waals surface area (Å²) in [6.07, 6.45) is 3.28. The largest absolute Gasteiger partial charge is 0.481 e. The van der Waals surface area contributed by atoms with E-state index in [0.29, 0.717) is 38.0 Å². The van der Waals surface area contributed by atoms with Gasteiger partial charge in [0.25, 0.3) is 11.5 Å². The maximum Gasteiger partial charge on any atom is 0.263 e. The second-order valence-electron chi connectivity index (χ2n) is 5.52. The third-order valence-corrected chi connectivity index (χ3v) is 4.03. The van der Waals surface area contributed by atoms with E-state index in [0.717, 1.165) is 0 Å². The van der Waals surface area contributed by atoms with E-state index in [9.17, 15) is 9.59 Å². The van der Waals surface area contributed by atoms with Crippen molar-refractivity contribution in [3.8, 4) is 5.88 Å². The van der Waals surface area contributed by atoms with E-state index in [1.165, 1.54) is 4.57 Å². The second kappa shape index (κ2) is 6.69. The number of carbonyl (C=O) groups is 1. The predicted molar refractivity (Wildman–Crippen MR) is 88.4 cm³/mol. The van der Waals surface area contributed by atoms with Crippen molar-refractivity contribution < 1.29 is 9.53 Å². The lowest BCUT2D eigenvalue weighted by Crippen LogP contribution is -2.50. The Morgan fingerprint density at radius 2 is 1.96 bits per heavy atom. The summed E-state index contributed by atoms with van der Waals surface area (Å²) in [5, 5.41) is 0. The number of hydrogen-bond donors (Lipinski definition) is 0. The Balaban J connectivity index is 1.69. The first-order valence-corrected chi connectivity index (χ1v) is 7.67. The fraction of sp³-hybridized carbons (Fsp3) is 0.375. The highest BCUT2D eigenvalue weighted by molar-refractivity contribution is 5.94. The van der Waals surface area contributed by atoms with Gasteiger partial charge in [-0.05, 0) is 12.1 Å². The average molecular weight is 329 g/mol. The standard InChI is InChI=1S/C16H19N5O3/c1-19-7-3-4-12(14(19)22)15(23)20-8-10-21(11-9-20)16-17-6-5-13(18-16)24-2/h3-7H,8-11H2,1-2H3. The Bertz CT molecular complexity index is 796. The number of methoxy groups -OCH3 is 1. The summed E-state index contributed by atoms with van der Waals surface area (Å²) in [5.41, 5.74) is -0.0767. The molecule has 3 heterocycles. The van der Waals surface area contributed by atoms with Crippen LogP contribution in [0.3, 0.4) is 0 Å². The summed E-state index contributed by atoms with van der Waals surface area (Å²) >= 11 is 0. The third-order valence-electron chi connectivity index (χ3n) is 4.03. The van der Waals surface area contributed by atoms with Gasteiger partial charge >= 0.3 is 0 Å². The Morgan fingerprint density at radius 1 is 1.21 bits per heavy atom. The highest BCUT2D eigenvalue weighted by Gasteiger charge is 2.25.